The highest BCUT2D eigenvalue weighted by molar-refractivity contribution is 6.29. The summed E-state index contributed by atoms with van der Waals surface area (Å²) in [5.41, 5.74) is 3.17. The van der Waals surface area contributed by atoms with Crippen molar-refractivity contribution in [3.63, 3.8) is 0 Å². The molecular formula is C13H13NO2. The van der Waals surface area contributed by atoms with Crippen molar-refractivity contribution in [3.05, 3.63) is 47.0 Å². The Labute approximate surface area is 94.4 Å². The van der Waals surface area contributed by atoms with Gasteiger partial charge in [0.25, 0.3) is 0 Å². The summed E-state index contributed by atoms with van der Waals surface area (Å²) in [5.74, 6) is -0.349. The fourth-order valence-corrected chi connectivity index (χ4v) is 1.62. The van der Waals surface area contributed by atoms with E-state index in [4.69, 9.17) is 4.84 Å². The highest BCUT2D eigenvalue weighted by Gasteiger charge is 2.28. The molecule has 1 aliphatic rings. The molecule has 0 atom stereocenters. The van der Waals surface area contributed by atoms with Gasteiger partial charge in [0.1, 0.15) is 5.71 Å². The van der Waals surface area contributed by atoms with Crippen LogP contribution in [0.1, 0.15) is 25.8 Å². The highest BCUT2D eigenvalue weighted by atomic mass is 16.7. The molecule has 0 unspecified atom stereocenters. The zero-order chi connectivity index (χ0) is 11.5. The quantitative estimate of drug-likeness (QED) is 0.562. The molecule has 0 amide bonds. The second kappa shape index (κ2) is 4.31. The number of rotatable bonds is 2. The Morgan fingerprint density at radius 1 is 1.31 bits per heavy atom. The van der Waals surface area contributed by atoms with Crippen molar-refractivity contribution >= 4 is 11.7 Å². The number of oxime groups is 1. The largest absolute Gasteiger partial charge is 0.368 e. The molecule has 1 aromatic rings. The lowest BCUT2D eigenvalue weighted by Crippen LogP contribution is -2.09. The fraction of sp³-hybridized carbons (Fsp3) is 0.231. The Morgan fingerprint density at radius 3 is 2.62 bits per heavy atom. The second-order valence-electron chi connectivity index (χ2n) is 3.69. The lowest BCUT2D eigenvalue weighted by Gasteiger charge is -2.03. The van der Waals surface area contributed by atoms with Crippen LogP contribution in [0.3, 0.4) is 0 Å². The second-order valence-corrected chi connectivity index (χ2v) is 3.69. The number of hydrogen-bond donors (Lipinski definition) is 0. The van der Waals surface area contributed by atoms with E-state index in [-0.39, 0.29) is 5.97 Å². The van der Waals surface area contributed by atoms with Crippen LogP contribution in [0, 0.1) is 0 Å². The van der Waals surface area contributed by atoms with Gasteiger partial charge in [-0.25, -0.2) is 4.79 Å². The van der Waals surface area contributed by atoms with Gasteiger partial charge < -0.3 is 4.84 Å². The van der Waals surface area contributed by atoms with Gasteiger partial charge in [-0.05, 0) is 13.3 Å². The maximum atomic E-state index is 11.6. The van der Waals surface area contributed by atoms with E-state index in [1.165, 1.54) is 0 Å². The van der Waals surface area contributed by atoms with Crippen molar-refractivity contribution in [2.45, 2.75) is 20.3 Å². The van der Waals surface area contributed by atoms with Gasteiger partial charge in [0, 0.05) is 5.56 Å². The molecule has 1 heterocycles. The first kappa shape index (κ1) is 10.6. The zero-order valence-electron chi connectivity index (χ0n) is 9.36. The number of benzene rings is 1. The van der Waals surface area contributed by atoms with Gasteiger partial charge >= 0.3 is 5.97 Å². The van der Waals surface area contributed by atoms with Crippen LogP contribution in [0.25, 0.3) is 0 Å². The van der Waals surface area contributed by atoms with Gasteiger partial charge in [-0.15, -0.1) is 0 Å². The summed E-state index contributed by atoms with van der Waals surface area (Å²) in [6.45, 7) is 3.94. The topological polar surface area (TPSA) is 38.7 Å². The molecule has 1 aromatic carbocycles. The Morgan fingerprint density at radius 2 is 2.00 bits per heavy atom. The van der Waals surface area contributed by atoms with Gasteiger partial charge in [0.15, 0.2) is 0 Å². The maximum absolute atomic E-state index is 11.6. The molecule has 0 spiro atoms. The predicted molar refractivity (Wildman–Crippen MR) is 62.1 cm³/mol. The summed E-state index contributed by atoms with van der Waals surface area (Å²) in [4.78, 5) is 16.3. The SMILES string of the molecule is CC/C(C)=C1/C(=O)ON=C1c1ccccc1. The number of carbonyl (C=O) groups is 1. The smallest absolute Gasteiger partial charge is 0.312 e. The minimum absolute atomic E-state index is 0.349. The summed E-state index contributed by atoms with van der Waals surface area (Å²) < 4.78 is 0. The van der Waals surface area contributed by atoms with Crippen LogP contribution >= 0.6 is 0 Å². The first-order valence-corrected chi connectivity index (χ1v) is 5.29. The Bertz CT molecular complexity index is 472. The van der Waals surface area contributed by atoms with Crippen molar-refractivity contribution < 1.29 is 9.63 Å². The van der Waals surface area contributed by atoms with Crippen LogP contribution in [-0.2, 0) is 9.63 Å². The van der Waals surface area contributed by atoms with Gasteiger partial charge in [-0.1, -0.05) is 48.0 Å². The molecule has 3 nitrogen and oxygen atoms in total. The monoisotopic (exact) mass is 215 g/mol. The molecule has 3 heteroatoms. The average molecular weight is 215 g/mol. The van der Waals surface area contributed by atoms with Crippen molar-refractivity contribution in [1.82, 2.24) is 0 Å². The van der Waals surface area contributed by atoms with E-state index in [0.29, 0.717) is 11.3 Å². The molecule has 2 rings (SSSR count). The molecular weight excluding hydrogens is 202 g/mol. The summed E-state index contributed by atoms with van der Waals surface area (Å²) in [5, 5.41) is 3.85. The molecule has 1 aliphatic heterocycles. The van der Waals surface area contributed by atoms with E-state index in [1.54, 1.807) is 0 Å². The van der Waals surface area contributed by atoms with E-state index in [2.05, 4.69) is 5.16 Å². The normalized spacial score (nSPS) is 18.1. The van der Waals surface area contributed by atoms with E-state index < -0.39 is 0 Å². The molecule has 0 aliphatic carbocycles. The minimum atomic E-state index is -0.349. The third-order valence-corrected chi connectivity index (χ3v) is 2.67. The third kappa shape index (κ3) is 1.76. The van der Waals surface area contributed by atoms with Gasteiger partial charge in [-0.2, -0.15) is 0 Å². The molecule has 0 saturated heterocycles. The van der Waals surface area contributed by atoms with Crippen LogP contribution in [0.4, 0.5) is 0 Å². The minimum Gasteiger partial charge on any atom is -0.312 e. The molecule has 0 fully saturated rings. The van der Waals surface area contributed by atoms with Gasteiger partial charge in [-0.3, -0.25) is 0 Å². The first-order valence-electron chi connectivity index (χ1n) is 5.29. The van der Waals surface area contributed by atoms with Crippen LogP contribution < -0.4 is 0 Å². The van der Waals surface area contributed by atoms with Crippen molar-refractivity contribution in [2.75, 3.05) is 0 Å². The highest BCUT2D eigenvalue weighted by Crippen LogP contribution is 2.22. The number of carbonyl (C=O) groups excluding carboxylic acids is 1. The van der Waals surface area contributed by atoms with E-state index in [0.717, 1.165) is 17.6 Å². The molecule has 0 saturated carbocycles. The lowest BCUT2D eigenvalue weighted by atomic mass is 9.98. The van der Waals surface area contributed by atoms with Crippen LogP contribution in [-0.4, -0.2) is 11.7 Å². The zero-order valence-corrected chi connectivity index (χ0v) is 9.36. The van der Waals surface area contributed by atoms with Crippen molar-refractivity contribution in [3.8, 4) is 0 Å². The summed E-state index contributed by atoms with van der Waals surface area (Å²) >= 11 is 0. The molecule has 0 bridgehead atoms. The van der Waals surface area contributed by atoms with E-state index >= 15 is 0 Å². The van der Waals surface area contributed by atoms with E-state index in [9.17, 15) is 4.79 Å². The van der Waals surface area contributed by atoms with Crippen molar-refractivity contribution in [1.29, 1.82) is 0 Å². The Hall–Kier alpha value is -1.90. The van der Waals surface area contributed by atoms with Crippen LogP contribution in [0.2, 0.25) is 0 Å². The van der Waals surface area contributed by atoms with Crippen molar-refractivity contribution in [2.24, 2.45) is 5.16 Å². The number of allylic oxidation sites excluding steroid dienone is 1. The summed E-state index contributed by atoms with van der Waals surface area (Å²) in [7, 11) is 0. The summed E-state index contributed by atoms with van der Waals surface area (Å²) in [6, 6.07) is 9.60. The molecule has 16 heavy (non-hydrogen) atoms. The van der Waals surface area contributed by atoms with Crippen LogP contribution in [0.5, 0.6) is 0 Å². The van der Waals surface area contributed by atoms with Gasteiger partial charge in [0.2, 0.25) is 0 Å². The van der Waals surface area contributed by atoms with Gasteiger partial charge in [0.05, 0.1) is 5.57 Å². The van der Waals surface area contributed by atoms with E-state index in [1.807, 2.05) is 44.2 Å². The molecule has 82 valence electrons. The number of hydrogen-bond acceptors (Lipinski definition) is 3. The Balaban J connectivity index is 2.47. The third-order valence-electron chi connectivity index (χ3n) is 2.67. The molecule has 0 N–H and O–H groups in total. The maximum Gasteiger partial charge on any atom is 0.368 e. The molecule has 0 radical (unpaired) electrons. The van der Waals surface area contributed by atoms with Crippen LogP contribution in [0.15, 0.2) is 46.6 Å². The standard InChI is InChI=1S/C13H13NO2/c1-3-9(2)11-12(14-16-13(11)15)10-7-5-4-6-8-10/h4-8H,3H2,1-2H3/b11-9+. The number of nitrogens with zero attached hydrogens (tertiary/aromatic N) is 1. The lowest BCUT2D eigenvalue weighted by molar-refractivity contribution is -0.136. The fourth-order valence-electron chi connectivity index (χ4n) is 1.62. The summed E-state index contributed by atoms with van der Waals surface area (Å²) in [6.07, 6.45) is 0.816. The predicted octanol–water partition coefficient (Wildman–Crippen LogP) is 2.67. The average Bonchev–Trinajstić information content (AvgIpc) is 2.71. The first-order chi connectivity index (χ1) is 7.74. The molecule has 0 aromatic heterocycles. The Kier molecular flexibility index (Phi) is 2.86.